The highest BCUT2D eigenvalue weighted by atomic mass is 16.6. The van der Waals surface area contributed by atoms with Gasteiger partial charge in [0.15, 0.2) is 5.78 Å². The summed E-state index contributed by atoms with van der Waals surface area (Å²) in [7, 11) is 0. The number of fused-ring (bicyclic) bond motifs is 1. The lowest BCUT2D eigenvalue weighted by molar-refractivity contribution is -0.394. The quantitative estimate of drug-likeness (QED) is 0.351. The third-order valence-electron chi connectivity index (χ3n) is 4.18. The highest BCUT2D eigenvalue weighted by molar-refractivity contribution is 6.17. The predicted molar refractivity (Wildman–Crippen MR) is 103 cm³/mol. The monoisotopic (exact) mass is 395 g/mol. The number of nitro benzene ring substituents is 2. The van der Waals surface area contributed by atoms with Crippen LogP contribution >= 0.6 is 0 Å². The SMILES string of the molecule is O=C(O)CNc1c(C(=O)c2cc([N+](=O)[O-])cc([N+](=O)[O-])c2)ccc2ccccc12. The van der Waals surface area contributed by atoms with Gasteiger partial charge in [-0.05, 0) is 11.5 Å². The van der Waals surface area contributed by atoms with Crippen LogP contribution in [0.25, 0.3) is 10.8 Å². The van der Waals surface area contributed by atoms with Gasteiger partial charge in [0.2, 0.25) is 0 Å². The Hall–Kier alpha value is -4.34. The Morgan fingerprint density at radius 2 is 1.55 bits per heavy atom. The Bertz CT molecular complexity index is 1140. The molecule has 0 saturated carbocycles. The van der Waals surface area contributed by atoms with Gasteiger partial charge in [0.1, 0.15) is 6.54 Å². The van der Waals surface area contributed by atoms with Gasteiger partial charge in [-0.15, -0.1) is 0 Å². The van der Waals surface area contributed by atoms with Crippen LogP contribution in [0, 0.1) is 20.2 Å². The highest BCUT2D eigenvalue weighted by Gasteiger charge is 2.23. The fraction of sp³-hybridized carbons (Fsp3) is 0.0526. The zero-order valence-corrected chi connectivity index (χ0v) is 14.7. The first kappa shape index (κ1) is 19.4. The Labute approximate surface area is 162 Å². The molecular weight excluding hydrogens is 382 g/mol. The van der Waals surface area contributed by atoms with E-state index >= 15 is 0 Å². The minimum absolute atomic E-state index is 0.0414. The lowest BCUT2D eigenvalue weighted by Crippen LogP contribution is -2.15. The second-order valence-electron chi connectivity index (χ2n) is 6.04. The molecule has 10 heteroatoms. The summed E-state index contributed by atoms with van der Waals surface area (Å²) in [6, 6.07) is 12.7. The van der Waals surface area contributed by atoms with Crippen LogP contribution in [0.1, 0.15) is 15.9 Å². The van der Waals surface area contributed by atoms with E-state index in [0.717, 1.165) is 23.6 Å². The number of carbonyl (C=O) groups excluding carboxylic acids is 1. The van der Waals surface area contributed by atoms with Crippen LogP contribution in [0.5, 0.6) is 0 Å². The van der Waals surface area contributed by atoms with Crippen molar-refractivity contribution in [3.63, 3.8) is 0 Å². The average Bonchev–Trinajstić information content (AvgIpc) is 2.70. The van der Waals surface area contributed by atoms with Gasteiger partial charge in [-0.3, -0.25) is 29.8 Å². The lowest BCUT2D eigenvalue weighted by atomic mass is 9.96. The topological polar surface area (TPSA) is 153 Å². The Balaban J connectivity index is 2.18. The summed E-state index contributed by atoms with van der Waals surface area (Å²) >= 11 is 0. The van der Waals surface area contributed by atoms with Crippen LogP contribution in [0.3, 0.4) is 0 Å². The molecule has 0 radical (unpaired) electrons. The number of nitrogens with zero attached hydrogens (tertiary/aromatic N) is 2. The molecule has 0 amide bonds. The molecule has 0 aliphatic heterocycles. The summed E-state index contributed by atoms with van der Waals surface area (Å²) in [4.78, 5) is 44.6. The van der Waals surface area contributed by atoms with Crippen LogP contribution in [-0.2, 0) is 4.79 Å². The summed E-state index contributed by atoms with van der Waals surface area (Å²) in [6.45, 7) is -0.469. The van der Waals surface area contributed by atoms with E-state index in [-0.39, 0.29) is 16.8 Å². The number of benzene rings is 3. The van der Waals surface area contributed by atoms with Gasteiger partial charge in [0.25, 0.3) is 11.4 Å². The predicted octanol–water partition coefficient (Wildman–Crippen LogP) is 3.38. The zero-order valence-electron chi connectivity index (χ0n) is 14.7. The number of rotatable bonds is 7. The van der Waals surface area contributed by atoms with Crippen molar-refractivity contribution in [2.45, 2.75) is 0 Å². The molecule has 0 aliphatic rings. The van der Waals surface area contributed by atoms with E-state index in [2.05, 4.69) is 5.32 Å². The maximum Gasteiger partial charge on any atom is 0.322 e. The first-order valence-corrected chi connectivity index (χ1v) is 8.24. The van der Waals surface area contributed by atoms with Crippen molar-refractivity contribution in [3.8, 4) is 0 Å². The van der Waals surface area contributed by atoms with E-state index in [1.165, 1.54) is 6.07 Å². The van der Waals surface area contributed by atoms with E-state index in [4.69, 9.17) is 5.11 Å². The number of non-ortho nitro benzene ring substituents is 2. The molecule has 0 aliphatic carbocycles. The lowest BCUT2D eigenvalue weighted by Gasteiger charge is -2.13. The fourth-order valence-corrected chi connectivity index (χ4v) is 2.91. The summed E-state index contributed by atoms with van der Waals surface area (Å²) in [5, 5.41) is 35.2. The van der Waals surface area contributed by atoms with E-state index in [1.54, 1.807) is 30.3 Å². The molecule has 0 bridgehead atoms. The van der Waals surface area contributed by atoms with Crippen molar-refractivity contribution in [2.75, 3.05) is 11.9 Å². The van der Waals surface area contributed by atoms with Crippen LogP contribution in [-0.4, -0.2) is 33.3 Å². The van der Waals surface area contributed by atoms with Gasteiger partial charge in [0, 0.05) is 28.6 Å². The first-order chi connectivity index (χ1) is 13.8. The number of hydrogen-bond donors (Lipinski definition) is 2. The molecular formula is C19H13N3O7. The number of anilines is 1. The molecule has 29 heavy (non-hydrogen) atoms. The smallest absolute Gasteiger partial charge is 0.322 e. The van der Waals surface area contributed by atoms with Gasteiger partial charge in [0.05, 0.1) is 21.6 Å². The standard InChI is InChI=1S/C19H13N3O7/c23-17(24)10-20-18-15-4-2-1-3-11(15)5-6-16(18)19(25)12-7-13(21(26)27)9-14(8-12)22(28)29/h1-9,20H,10H2,(H,23,24). The molecule has 3 aromatic rings. The van der Waals surface area contributed by atoms with Crippen molar-refractivity contribution in [1.82, 2.24) is 0 Å². The number of carboxylic acids is 1. The summed E-state index contributed by atoms with van der Waals surface area (Å²) in [5.41, 5.74) is -1.17. The maximum absolute atomic E-state index is 13.1. The average molecular weight is 395 g/mol. The molecule has 0 heterocycles. The van der Waals surface area contributed by atoms with Crippen LogP contribution < -0.4 is 5.32 Å². The molecule has 0 aromatic heterocycles. The summed E-state index contributed by atoms with van der Waals surface area (Å²) in [6.07, 6.45) is 0. The molecule has 146 valence electrons. The number of nitro groups is 2. The number of hydrogen-bond acceptors (Lipinski definition) is 7. The molecule has 0 spiro atoms. The number of nitrogens with one attached hydrogen (secondary N) is 1. The van der Waals surface area contributed by atoms with Gasteiger partial charge < -0.3 is 10.4 Å². The molecule has 3 aromatic carbocycles. The van der Waals surface area contributed by atoms with Crippen molar-refractivity contribution in [3.05, 3.63) is 86.0 Å². The van der Waals surface area contributed by atoms with Crippen LogP contribution in [0.2, 0.25) is 0 Å². The first-order valence-electron chi connectivity index (χ1n) is 8.24. The zero-order chi connectivity index (χ0) is 21.1. The van der Waals surface area contributed by atoms with Crippen molar-refractivity contribution >= 4 is 39.6 Å². The van der Waals surface area contributed by atoms with E-state index in [0.29, 0.717) is 5.39 Å². The van der Waals surface area contributed by atoms with Crippen molar-refractivity contribution < 1.29 is 24.5 Å². The Morgan fingerprint density at radius 3 is 2.14 bits per heavy atom. The summed E-state index contributed by atoms with van der Waals surface area (Å²) < 4.78 is 0. The number of ketones is 1. The molecule has 10 nitrogen and oxygen atoms in total. The number of aliphatic carboxylic acids is 1. The second kappa shape index (κ2) is 7.72. The highest BCUT2D eigenvalue weighted by Crippen LogP contribution is 2.31. The Kier molecular flexibility index (Phi) is 5.17. The third-order valence-corrected chi connectivity index (χ3v) is 4.18. The molecule has 0 unspecified atom stereocenters. The van der Waals surface area contributed by atoms with E-state index < -0.39 is 39.5 Å². The van der Waals surface area contributed by atoms with Gasteiger partial charge in [-0.2, -0.15) is 0 Å². The van der Waals surface area contributed by atoms with Gasteiger partial charge >= 0.3 is 5.97 Å². The minimum Gasteiger partial charge on any atom is -0.480 e. The van der Waals surface area contributed by atoms with Gasteiger partial charge in [-0.1, -0.05) is 30.3 Å². The fourth-order valence-electron chi connectivity index (χ4n) is 2.91. The van der Waals surface area contributed by atoms with Crippen LogP contribution in [0.4, 0.5) is 17.1 Å². The molecule has 0 fully saturated rings. The number of carboxylic acid groups (broad SMARTS) is 1. The van der Waals surface area contributed by atoms with Crippen molar-refractivity contribution in [1.29, 1.82) is 0 Å². The third kappa shape index (κ3) is 4.00. The molecule has 3 rings (SSSR count). The molecule has 0 atom stereocenters. The van der Waals surface area contributed by atoms with E-state index in [1.807, 2.05) is 0 Å². The van der Waals surface area contributed by atoms with E-state index in [9.17, 15) is 29.8 Å². The minimum atomic E-state index is -1.15. The number of carbonyl (C=O) groups is 2. The van der Waals surface area contributed by atoms with Crippen molar-refractivity contribution in [2.24, 2.45) is 0 Å². The maximum atomic E-state index is 13.1. The van der Waals surface area contributed by atoms with Crippen LogP contribution in [0.15, 0.2) is 54.6 Å². The normalized spacial score (nSPS) is 10.5. The Morgan fingerprint density at radius 1 is 0.931 bits per heavy atom. The summed E-state index contributed by atoms with van der Waals surface area (Å²) in [5.74, 6) is -1.86. The largest absolute Gasteiger partial charge is 0.480 e. The van der Waals surface area contributed by atoms with Gasteiger partial charge in [-0.25, -0.2) is 0 Å². The second-order valence-corrected chi connectivity index (χ2v) is 6.04. The molecule has 0 saturated heterocycles. The molecule has 2 N–H and O–H groups in total.